The summed E-state index contributed by atoms with van der Waals surface area (Å²) in [6.07, 6.45) is 0.955. The van der Waals surface area contributed by atoms with E-state index in [9.17, 15) is 9.18 Å². The average Bonchev–Trinajstić information content (AvgIpc) is 2.46. The van der Waals surface area contributed by atoms with Crippen molar-refractivity contribution in [3.63, 3.8) is 0 Å². The molecule has 0 unspecified atom stereocenters. The van der Waals surface area contributed by atoms with Crippen molar-refractivity contribution in [2.75, 3.05) is 5.73 Å². The highest BCUT2D eigenvalue weighted by Gasteiger charge is 2.06. The fourth-order valence-electron chi connectivity index (χ4n) is 1.97. The molecule has 0 aliphatic rings. The van der Waals surface area contributed by atoms with Crippen LogP contribution >= 0.6 is 15.9 Å². The summed E-state index contributed by atoms with van der Waals surface area (Å²) >= 11 is 3.28. The summed E-state index contributed by atoms with van der Waals surface area (Å²) in [5.41, 5.74) is 7.84. The summed E-state index contributed by atoms with van der Waals surface area (Å²) in [4.78, 5) is 11.8. The Morgan fingerprint density at radius 1 is 1.24 bits per heavy atom. The number of halogens is 2. The molecule has 0 aliphatic heterocycles. The number of carbonyl (C=O) groups excluding carboxylic acids is 1. The second kappa shape index (κ2) is 7.22. The Kier molecular flexibility index (Phi) is 5.33. The Morgan fingerprint density at radius 3 is 2.81 bits per heavy atom. The molecule has 110 valence electrons. The number of nitrogen functional groups attached to an aromatic ring is 1. The van der Waals surface area contributed by atoms with E-state index in [0.717, 1.165) is 10.0 Å². The Bertz CT molecular complexity index is 646. The van der Waals surface area contributed by atoms with Crippen molar-refractivity contribution in [1.29, 1.82) is 0 Å². The summed E-state index contributed by atoms with van der Waals surface area (Å²) in [5.74, 6) is -0.439. The van der Waals surface area contributed by atoms with Crippen molar-refractivity contribution in [2.24, 2.45) is 0 Å². The van der Waals surface area contributed by atoms with E-state index in [-0.39, 0.29) is 18.3 Å². The van der Waals surface area contributed by atoms with Crippen molar-refractivity contribution in [3.8, 4) is 0 Å². The molecule has 2 aromatic rings. The third-order valence-corrected chi connectivity index (χ3v) is 3.57. The van der Waals surface area contributed by atoms with Crippen LogP contribution in [0.15, 0.2) is 46.9 Å². The van der Waals surface area contributed by atoms with Gasteiger partial charge < -0.3 is 11.1 Å². The van der Waals surface area contributed by atoms with Crippen molar-refractivity contribution in [2.45, 2.75) is 19.4 Å². The zero-order valence-electron chi connectivity index (χ0n) is 11.4. The Morgan fingerprint density at radius 2 is 2.05 bits per heavy atom. The number of aryl methyl sites for hydroxylation is 1. The summed E-state index contributed by atoms with van der Waals surface area (Å²) in [6, 6.07) is 12.1. The topological polar surface area (TPSA) is 55.1 Å². The normalized spacial score (nSPS) is 10.4. The first-order chi connectivity index (χ1) is 10.0. The molecule has 0 aromatic heterocycles. The van der Waals surface area contributed by atoms with Gasteiger partial charge in [0, 0.05) is 28.7 Å². The maximum Gasteiger partial charge on any atom is 0.220 e. The molecule has 0 saturated carbocycles. The standard InChI is InChI=1S/C16H16BrFN2O/c17-13-5-6-15(18)12(9-13)10-20-16(21)7-4-11-2-1-3-14(19)8-11/h1-3,5-6,8-9H,4,7,10,19H2,(H,20,21). The van der Waals surface area contributed by atoms with Crippen LogP contribution in [0.5, 0.6) is 0 Å². The third kappa shape index (κ3) is 4.86. The molecule has 3 nitrogen and oxygen atoms in total. The second-order valence-corrected chi connectivity index (χ2v) is 5.67. The quantitative estimate of drug-likeness (QED) is 0.811. The SMILES string of the molecule is Nc1cccc(CCC(=O)NCc2cc(Br)ccc2F)c1. The van der Waals surface area contributed by atoms with E-state index in [0.29, 0.717) is 24.1 Å². The summed E-state index contributed by atoms with van der Waals surface area (Å²) in [6.45, 7) is 0.182. The van der Waals surface area contributed by atoms with E-state index in [2.05, 4.69) is 21.2 Å². The first-order valence-electron chi connectivity index (χ1n) is 6.59. The Labute approximate surface area is 131 Å². The van der Waals surface area contributed by atoms with Crippen LogP contribution in [0, 0.1) is 5.82 Å². The van der Waals surface area contributed by atoms with Crippen LogP contribution in [0.4, 0.5) is 10.1 Å². The third-order valence-electron chi connectivity index (χ3n) is 3.08. The molecule has 2 aromatic carbocycles. The van der Waals surface area contributed by atoms with Gasteiger partial charge in [0.25, 0.3) is 0 Å². The van der Waals surface area contributed by atoms with Gasteiger partial charge in [-0.05, 0) is 42.3 Å². The molecule has 0 saturated heterocycles. The molecular formula is C16H16BrFN2O. The molecule has 0 heterocycles. The zero-order chi connectivity index (χ0) is 15.2. The van der Waals surface area contributed by atoms with Gasteiger partial charge in [0.2, 0.25) is 5.91 Å². The number of rotatable bonds is 5. The van der Waals surface area contributed by atoms with Crippen LogP contribution in [0.25, 0.3) is 0 Å². The molecular weight excluding hydrogens is 335 g/mol. The van der Waals surface area contributed by atoms with Crippen LogP contribution in [0.2, 0.25) is 0 Å². The number of nitrogens with one attached hydrogen (secondary N) is 1. The summed E-state index contributed by atoms with van der Waals surface area (Å²) in [5, 5.41) is 2.72. The van der Waals surface area contributed by atoms with Crippen molar-refractivity contribution in [3.05, 3.63) is 63.9 Å². The van der Waals surface area contributed by atoms with Crippen molar-refractivity contribution >= 4 is 27.5 Å². The fraction of sp³-hybridized carbons (Fsp3) is 0.188. The summed E-state index contributed by atoms with van der Waals surface area (Å²) < 4.78 is 14.3. The lowest BCUT2D eigenvalue weighted by Crippen LogP contribution is -2.23. The lowest BCUT2D eigenvalue weighted by atomic mass is 10.1. The van der Waals surface area contributed by atoms with Gasteiger partial charge in [-0.15, -0.1) is 0 Å². The monoisotopic (exact) mass is 350 g/mol. The van der Waals surface area contributed by atoms with Crippen LogP contribution in [0.3, 0.4) is 0 Å². The molecule has 0 spiro atoms. The van der Waals surface area contributed by atoms with Gasteiger partial charge in [-0.2, -0.15) is 0 Å². The van der Waals surface area contributed by atoms with E-state index < -0.39 is 0 Å². The molecule has 0 aliphatic carbocycles. The number of benzene rings is 2. The smallest absolute Gasteiger partial charge is 0.220 e. The minimum atomic E-state index is -0.325. The predicted octanol–water partition coefficient (Wildman–Crippen LogP) is 3.42. The van der Waals surface area contributed by atoms with Crippen LogP contribution in [0.1, 0.15) is 17.5 Å². The largest absolute Gasteiger partial charge is 0.399 e. The van der Waals surface area contributed by atoms with Gasteiger partial charge in [-0.3, -0.25) is 4.79 Å². The zero-order valence-corrected chi connectivity index (χ0v) is 13.0. The van der Waals surface area contributed by atoms with E-state index in [1.807, 2.05) is 18.2 Å². The van der Waals surface area contributed by atoms with Crippen LogP contribution in [-0.4, -0.2) is 5.91 Å². The molecule has 0 atom stereocenters. The molecule has 0 bridgehead atoms. The van der Waals surface area contributed by atoms with Crippen LogP contribution in [-0.2, 0) is 17.8 Å². The number of hydrogen-bond donors (Lipinski definition) is 2. The summed E-state index contributed by atoms with van der Waals surface area (Å²) in [7, 11) is 0. The van der Waals surface area contributed by atoms with Crippen LogP contribution < -0.4 is 11.1 Å². The molecule has 0 radical (unpaired) electrons. The van der Waals surface area contributed by atoms with Crippen molar-refractivity contribution < 1.29 is 9.18 Å². The van der Waals surface area contributed by atoms with Gasteiger partial charge >= 0.3 is 0 Å². The van der Waals surface area contributed by atoms with Gasteiger partial charge in [0.1, 0.15) is 5.82 Å². The molecule has 3 N–H and O–H groups in total. The highest BCUT2D eigenvalue weighted by Crippen LogP contribution is 2.15. The Balaban J connectivity index is 1.83. The minimum Gasteiger partial charge on any atom is -0.399 e. The second-order valence-electron chi connectivity index (χ2n) is 4.76. The number of carbonyl (C=O) groups is 1. The lowest BCUT2D eigenvalue weighted by molar-refractivity contribution is -0.121. The lowest BCUT2D eigenvalue weighted by Gasteiger charge is -2.07. The average molecular weight is 351 g/mol. The first kappa shape index (κ1) is 15.5. The van der Waals surface area contributed by atoms with E-state index in [1.54, 1.807) is 18.2 Å². The first-order valence-corrected chi connectivity index (χ1v) is 7.39. The molecule has 5 heteroatoms. The molecule has 1 amide bonds. The maximum absolute atomic E-state index is 13.5. The predicted molar refractivity (Wildman–Crippen MR) is 85.1 cm³/mol. The van der Waals surface area contributed by atoms with Crippen molar-refractivity contribution in [1.82, 2.24) is 5.32 Å². The number of anilines is 1. The van der Waals surface area contributed by atoms with Gasteiger partial charge in [0.05, 0.1) is 0 Å². The van der Waals surface area contributed by atoms with Gasteiger partial charge in [-0.1, -0.05) is 28.1 Å². The molecule has 2 rings (SSSR count). The van der Waals surface area contributed by atoms with Gasteiger partial charge in [0.15, 0.2) is 0 Å². The minimum absolute atomic E-state index is 0.114. The van der Waals surface area contributed by atoms with E-state index in [4.69, 9.17) is 5.73 Å². The van der Waals surface area contributed by atoms with E-state index in [1.165, 1.54) is 6.07 Å². The Hall–Kier alpha value is -1.88. The van der Waals surface area contributed by atoms with E-state index >= 15 is 0 Å². The molecule has 0 fully saturated rings. The molecule has 21 heavy (non-hydrogen) atoms. The number of amides is 1. The number of hydrogen-bond acceptors (Lipinski definition) is 2. The number of nitrogens with two attached hydrogens (primary N) is 1. The maximum atomic E-state index is 13.5. The fourth-order valence-corrected chi connectivity index (χ4v) is 2.38. The highest BCUT2D eigenvalue weighted by atomic mass is 79.9. The highest BCUT2D eigenvalue weighted by molar-refractivity contribution is 9.10. The van der Waals surface area contributed by atoms with Gasteiger partial charge in [-0.25, -0.2) is 4.39 Å².